The van der Waals surface area contributed by atoms with Crippen LogP contribution in [0.2, 0.25) is 0 Å². The molecule has 112 valence electrons. The monoisotopic (exact) mass is 305 g/mol. The van der Waals surface area contributed by atoms with Crippen molar-refractivity contribution in [1.29, 1.82) is 0 Å². The van der Waals surface area contributed by atoms with Gasteiger partial charge in [-0.2, -0.15) is 4.31 Å². The number of hydrogen-bond acceptors (Lipinski definition) is 3. The molecule has 1 fully saturated rings. The molecule has 0 aliphatic carbocycles. The van der Waals surface area contributed by atoms with E-state index in [0.29, 0.717) is 24.8 Å². The van der Waals surface area contributed by atoms with Gasteiger partial charge in [0.1, 0.15) is 5.82 Å². The van der Waals surface area contributed by atoms with E-state index < -0.39 is 10.0 Å². The zero-order chi connectivity index (χ0) is 14.9. The number of nitrogens with one attached hydrogen (secondary N) is 1. The van der Waals surface area contributed by atoms with Crippen molar-refractivity contribution < 1.29 is 8.42 Å². The van der Waals surface area contributed by atoms with Crippen molar-refractivity contribution in [1.82, 2.24) is 14.3 Å². The molecule has 1 saturated heterocycles. The predicted molar refractivity (Wildman–Crippen MR) is 80.5 cm³/mol. The largest absolute Gasteiger partial charge is 0.332 e. The van der Waals surface area contributed by atoms with Gasteiger partial charge in [0, 0.05) is 13.1 Å². The Hall–Kier alpha value is -1.66. The number of aromatic amines is 1. The Morgan fingerprint density at radius 1 is 1.19 bits per heavy atom. The van der Waals surface area contributed by atoms with E-state index in [9.17, 15) is 8.42 Å². The van der Waals surface area contributed by atoms with E-state index >= 15 is 0 Å². The highest BCUT2D eigenvalue weighted by Gasteiger charge is 2.30. The molecule has 3 rings (SSSR count). The van der Waals surface area contributed by atoms with Gasteiger partial charge in [-0.1, -0.05) is 30.3 Å². The summed E-state index contributed by atoms with van der Waals surface area (Å²) in [5.41, 5.74) is 1.30. The molecule has 0 unspecified atom stereocenters. The van der Waals surface area contributed by atoms with E-state index in [1.807, 2.05) is 18.2 Å². The topological polar surface area (TPSA) is 66.1 Å². The van der Waals surface area contributed by atoms with Gasteiger partial charge in [-0.3, -0.25) is 0 Å². The van der Waals surface area contributed by atoms with Crippen molar-refractivity contribution in [3.8, 4) is 0 Å². The Balaban J connectivity index is 1.71. The number of hydrogen-bond donors (Lipinski definition) is 1. The molecule has 21 heavy (non-hydrogen) atoms. The van der Waals surface area contributed by atoms with Crippen LogP contribution in [0.5, 0.6) is 0 Å². The highest BCUT2D eigenvalue weighted by Crippen LogP contribution is 2.30. The Labute approximate surface area is 125 Å². The number of aryl methyl sites for hydroxylation is 1. The molecule has 1 aromatic carbocycles. The first kappa shape index (κ1) is 14.3. The highest BCUT2D eigenvalue weighted by molar-refractivity contribution is 7.89. The van der Waals surface area contributed by atoms with Gasteiger partial charge in [0.05, 0.1) is 6.20 Å². The lowest BCUT2D eigenvalue weighted by atomic mass is 9.90. The van der Waals surface area contributed by atoms with Gasteiger partial charge in [0.2, 0.25) is 0 Å². The fourth-order valence-electron chi connectivity index (χ4n) is 2.82. The Morgan fingerprint density at radius 2 is 1.86 bits per heavy atom. The number of rotatable bonds is 3. The standard InChI is InChI=1S/C15H19N3O2S/c1-12-16-11-15(17-12)21(19,20)18-9-7-14(8-10-18)13-5-3-2-4-6-13/h2-6,11,14H,7-10H2,1H3,(H,16,17). The quantitative estimate of drug-likeness (QED) is 0.946. The highest BCUT2D eigenvalue weighted by atomic mass is 32.2. The molecular weight excluding hydrogens is 286 g/mol. The molecule has 1 aliphatic heterocycles. The van der Waals surface area contributed by atoms with E-state index in [1.165, 1.54) is 11.8 Å². The molecule has 0 spiro atoms. The fraction of sp³-hybridized carbons (Fsp3) is 0.400. The molecule has 0 atom stereocenters. The third kappa shape index (κ3) is 2.87. The van der Waals surface area contributed by atoms with Gasteiger partial charge in [-0.15, -0.1) is 0 Å². The van der Waals surface area contributed by atoms with Gasteiger partial charge in [-0.05, 0) is 31.2 Å². The zero-order valence-electron chi connectivity index (χ0n) is 12.0. The van der Waals surface area contributed by atoms with Crippen molar-refractivity contribution in [3.05, 3.63) is 47.9 Å². The number of piperidine rings is 1. The fourth-order valence-corrected chi connectivity index (χ4v) is 4.26. The zero-order valence-corrected chi connectivity index (χ0v) is 12.8. The number of nitrogens with zero attached hydrogens (tertiary/aromatic N) is 2. The first-order valence-corrected chi connectivity index (χ1v) is 8.58. The first-order chi connectivity index (χ1) is 10.1. The van der Waals surface area contributed by atoms with Gasteiger partial charge in [-0.25, -0.2) is 13.4 Å². The normalized spacial score (nSPS) is 18.0. The van der Waals surface area contributed by atoms with Gasteiger partial charge in [0.15, 0.2) is 5.03 Å². The molecule has 0 amide bonds. The molecule has 1 aliphatic rings. The van der Waals surface area contributed by atoms with Gasteiger partial charge in [0.25, 0.3) is 10.0 Å². The minimum Gasteiger partial charge on any atom is -0.332 e. The third-order valence-electron chi connectivity index (χ3n) is 4.02. The Kier molecular flexibility index (Phi) is 3.82. The summed E-state index contributed by atoms with van der Waals surface area (Å²) < 4.78 is 26.6. The number of benzene rings is 1. The number of imidazole rings is 1. The smallest absolute Gasteiger partial charge is 0.260 e. The van der Waals surface area contributed by atoms with Crippen LogP contribution in [0.1, 0.15) is 30.1 Å². The summed E-state index contributed by atoms with van der Waals surface area (Å²) in [5, 5.41) is 0.193. The molecule has 0 radical (unpaired) electrons. The van der Waals surface area contributed by atoms with Crippen molar-refractivity contribution in [2.24, 2.45) is 0 Å². The number of aromatic nitrogens is 2. The van der Waals surface area contributed by atoms with Crippen LogP contribution in [-0.4, -0.2) is 35.8 Å². The molecular formula is C15H19N3O2S. The maximum atomic E-state index is 12.5. The summed E-state index contributed by atoms with van der Waals surface area (Å²) in [6.45, 7) is 2.86. The van der Waals surface area contributed by atoms with E-state index in [1.54, 1.807) is 11.2 Å². The molecule has 1 aromatic heterocycles. The van der Waals surface area contributed by atoms with E-state index in [0.717, 1.165) is 12.8 Å². The minimum atomic E-state index is -3.43. The lowest BCUT2D eigenvalue weighted by Gasteiger charge is -2.31. The molecule has 2 heterocycles. The van der Waals surface area contributed by atoms with Crippen molar-refractivity contribution in [2.45, 2.75) is 30.7 Å². The summed E-state index contributed by atoms with van der Waals surface area (Å²) in [7, 11) is -3.43. The second-order valence-corrected chi connectivity index (χ2v) is 7.33. The van der Waals surface area contributed by atoms with Crippen LogP contribution in [0, 0.1) is 6.92 Å². The lowest BCUT2D eigenvalue weighted by Crippen LogP contribution is -2.38. The SMILES string of the molecule is Cc1ncc(S(=O)(=O)N2CCC(c3ccccc3)CC2)[nH]1. The number of H-pyrrole nitrogens is 1. The lowest BCUT2D eigenvalue weighted by molar-refractivity contribution is 0.318. The summed E-state index contributed by atoms with van der Waals surface area (Å²) in [6, 6.07) is 10.3. The minimum absolute atomic E-state index is 0.193. The maximum absolute atomic E-state index is 12.5. The van der Waals surface area contributed by atoms with Crippen LogP contribution < -0.4 is 0 Å². The molecule has 5 nitrogen and oxygen atoms in total. The first-order valence-electron chi connectivity index (χ1n) is 7.14. The average molecular weight is 305 g/mol. The summed E-state index contributed by atoms with van der Waals surface area (Å²) >= 11 is 0. The number of sulfonamides is 1. The van der Waals surface area contributed by atoms with Crippen LogP contribution >= 0.6 is 0 Å². The second kappa shape index (κ2) is 5.61. The molecule has 1 N–H and O–H groups in total. The van der Waals surface area contributed by atoms with Crippen LogP contribution in [-0.2, 0) is 10.0 Å². The molecule has 2 aromatic rings. The molecule has 0 saturated carbocycles. The predicted octanol–water partition coefficient (Wildman–Crippen LogP) is 2.29. The summed E-state index contributed by atoms with van der Waals surface area (Å²) in [5.74, 6) is 1.06. The van der Waals surface area contributed by atoms with Gasteiger partial charge >= 0.3 is 0 Å². The van der Waals surface area contributed by atoms with Crippen LogP contribution in [0.4, 0.5) is 0 Å². The van der Waals surface area contributed by atoms with Crippen molar-refractivity contribution in [3.63, 3.8) is 0 Å². The Bertz CT molecular complexity index is 702. The van der Waals surface area contributed by atoms with E-state index in [4.69, 9.17) is 0 Å². The average Bonchev–Trinajstić information content (AvgIpc) is 2.96. The van der Waals surface area contributed by atoms with E-state index in [-0.39, 0.29) is 5.03 Å². The molecule has 0 bridgehead atoms. The van der Waals surface area contributed by atoms with Gasteiger partial charge < -0.3 is 4.98 Å². The summed E-state index contributed by atoms with van der Waals surface area (Å²) in [4.78, 5) is 6.79. The van der Waals surface area contributed by atoms with Crippen molar-refractivity contribution >= 4 is 10.0 Å². The maximum Gasteiger partial charge on any atom is 0.260 e. The second-order valence-electron chi connectivity index (χ2n) is 5.42. The summed E-state index contributed by atoms with van der Waals surface area (Å²) in [6.07, 6.45) is 3.11. The molecule has 6 heteroatoms. The van der Waals surface area contributed by atoms with Crippen LogP contribution in [0.25, 0.3) is 0 Å². The van der Waals surface area contributed by atoms with Crippen LogP contribution in [0.15, 0.2) is 41.6 Å². The van der Waals surface area contributed by atoms with E-state index in [2.05, 4.69) is 22.1 Å². The van der Waals surface area contributed by atoms with Crippen molar-refractivity contribution in [2.75, 3.05) is 13.1 Å². The third-order valence-corrected chi connectivity index (χ3v) is 5.83. The Morgan fingerprint density at radius 3 is 2.43 bits per heavy atom. The van der Waals surface area contributed by atoms with Crippen LogP contribution in [0.3, 0.4) is 0 Å².